The molecule has 0 aliphatic carbocycles. The van der Waals surface area contributed by atoms with E-state index in [0.29, 0.717) is 23.8 Å². The van der Waals surface area contributed by atoms with Crippen molar-refractivity contribution in [2.45, 2.75) is 39.8 Å². The normalized spacial score (nSPS) is 16.9. The Labute approximate surface area is 169 Å². The van der Waals surface area contributed by atoms with Crippen LogP contribution in [0.3, 0.4) is 0 Å². The van der Waals surface area contributed by atoms with Gasteiger partial charge < -0.3 is 14.7 Å². The van der Waals surface area contributed by atoms with Gasteiger partial charge in [0.25, 0.3) is 0 Å². The number of hydrogen-bond acceptors (Lipinski definition) is 5. The first-order valence-corrected chi connectivity index (χ1v) is 10.0. The molecule has 1 aromatic heterocycles. The summed E-state index contributed by atoms with van der Waals surface area (Å²) in [4.78, 5) is 13.2. The zero-order chi connectivity index (χ0) is 20.8. The molecule has 1 atom stereocenters. The highest BCUT2D eigenvalue weighted by Crippen LogP contribution is 2.28. The molecule has 1 aliphatic heterocycles. The lowest BCUT2D eigenvalue weighted by molar-refractivity contribution is 0.124. The van der Waals surface area contributed by atoms with Gasteiger partial charge in [-0.1, -0.05) is 18.1 Å². The van der Waals surface area contributed by atoms with Crippen molar-refractivity contribution in [1.82, 2.24) is 25.3 Å². The number of aromatic nitrogens is 2. The molecular weight excluding hydrogens is 378 g/mol. The third-order valence-corrected chi connectivity index (χ3v) is 5.03. The van der Waals surface area contributed by atoms with Gasteiger partial charge in [0.05, 0.1) is 0 Å². The Morgan fingerprint density at radius 3 is 2.59 bits per heavy atom. The lowest BCUT2D eigenvalue weighted by Crippen LogP contribution is -2.53. The molecule has 3 rings (SSSR count). The van der Waals surface area contributed by atoms with Crippen LogP contribution in [0.15, 0.2) is 27.7 Å². The number of aryl methyl sites for hydroxylation is 1. The van der Waals surface area contributed by atoms with Gasteiger partial charge in [-0.2, -0.15) is 4.98 Å². The number of guanidine groups is 1. The first kappa shape index (κ1) is 21.2. The van der Waals surface area contributed by atoms with Gasteiger partial charge >= 0.3 is 0 Å². The Balaban J connectivity index is 1.65. The van der Waals surface area contributed by atoms with Crippen molar-refractivity contribution in [2.24, 2.45) is 4.99 Å². The minimum Gasteiger partial charge on any atom is -0.357 e. The van der Waals surface area contributed by atoms with Crippen LogP contribution in [0.4, 0.5) is 8.78 Å². The topological polar surface area (TPSA) is 69.8 Å². The summed E-state index contributed by atoms with van der Waals surface area (Å²) in [5.41, 5.74) is 0.551. The summed E-state index contributed by atoms with van der Waals surface area (Å²) in [7, 11) is 0. The predicted octanol–water partition coefficient (Wildman–Crippen LogP) is 2.89. The second-order valence-electron chi connectivity index (χ2n) is 7.02. The van der Waals surface area contributed by atoms with Crippen molar-refractivity contribution in [1.29, 1.82) is 0 Å². The molecule has 0 amide bonds. The quantitative estimate of drug-likeness (QED) is 0.588. The molecule has 2 aromatic rings. The van der Waals surface area contributed by atoms with Gasteiger partial charge in [0.15, 0.2) is 11.8 Å². The van der Waals surface area contributed by atoms with E-state index in [1.165, 1.54) is 6.07 Å². The molecule has 2 heterocycles. The molecule has 1 unspecified atom stereocenters. The van der Waals surface area contributed by atoms with Crippen LogP contribution in [0.2, 0.25) is 0 Å². The molecule has 7 nitrogen and oxygen atoms in total. The highest BCUT2D eigenvalue weighted by molar-refractivity contribution is 5.80. The largest absolute Gasteiger partial charge is 0.357 e. The van der Waals surface area contributed by atoms with E-state index in [1.54, 1.807) is 13.0 Å². The van der Waals surface area contributed by atoms with E-state index in [1.807, 2.05) is 13.8 Å². The van der Waals surface area contributed by atoms with E-state index in [0.717, 1.165) is 51.2 Å². The molecule has 1 saturated heterocycles. The van der Waals surface area contributed by atoms with Crippen molar-refractivity contribution in [3.05, 3.63) is 47.1 Å². The third kappa shape index (κ3) is 5.29. The number of benzene rings is 1. The average Bonchev–Trinajstić information content (AvgIpc) is 3.13. The van der Waals surface area contributed by atoms with E-state index >= 15 is 0 Å². The maximum absolute atomic E-state index is 14.3. The number of hydrogen-bond donors (Lipinski definition) is 1. The van der Waals surface area contributed by atoms with Crippen molar-refractivity contribution in [2.75, 3.05) is 32.7 Å². The van der Waals surface area contributed by atoms with E-state index in [4.69, 9.17) is 4.52 Å². The molecule has 1 fully saturated rings. The standard InChI is InChI=1S/C20H28F2N6O/c1-4-18(16-7-6-15(21)12-17(16)22)27-8-10-28(11-9-27)20(23-5-2)24-13-19-25-14(3)26-29-19/h6-7,12,18H,4-5,8-11,13H2,1-3H3,(H,23,24). The molecule has 0 radical (unpaired) electrons. The Hall–Kier alpha value is -2.55. The van der Waals surface area contributed by atoms with Gasteiger partial charge in [0, 0.05) is 50.4 Å². The summed E-state index contributed by atoms with van der Waals surface area (Å²) in [6.07, 6.45) is 0.757. The smallest absolute Gasteiger partial charge is 0.248 e. The molecule has 158 valence electrons. The second kappa shape index (κ2) is 9.78. The van der Waals surface area contributed by atoms with Gasteiger partial charge in [-0.25, -0.2) is 13.8 Å². The summed E-state index contributed by atoms with van der Waals surface area (Å²) in [5, 5.41) is 7.08. The minimum atomic E-state index is -0.547. The number of aliphatic imine (C=N–C) groups is 1. The van der Waals surface area contributed by atoms with Crippen LogP contribution in [0.5, 0.6) is 0 Å². The summed E-state index contributed by atoms with van der Waals surface area (Å²) < 4.78 is 32.7. The number of nitrogens with one attached hydrogen (secondary N) is 1. The van der Waals surface area contributed by atoms with Crippen molar-refractivity contribution >= 4 is 5.96 Å². The number of rotatable bonds is 6. The van der Waals surface area contributed by atoms with E-state index < -0.39 is 11.6 Å². The Kier molecular flexibility index (Phi) is 7.13. The highest BCUT2D eigenvalue weighted by Gasteiger charge is 2.27. The van der Waals surface area contributed by atoms with Crippen molar-refractivity contribution < 1.29 is 13.3 Å². The van der Waals surface area contributed by atoms with Gasteiger partial charge in [0.2, 0.25) is 5.89 Å². The number of nitrogens with zero attached hydrogens (tertiary/aromatic N) is 5. The maximum atomic E-state index is 14.3. The van der Waals surface area contributed by atoms with Crippen LogP contribution < -0.4 is 5.32 Å². The fourth-order valence-electron chi connectivity index (χ4n) is 3.66. The van der Waals surface area contributed by atoms with Crippen LogP contribution in [-0.2, 0) is 6.54 Å². The predicted molar refractivity (Wildman–Crippen MR) is 106 cm³/mol. The molecule has 9 heteroatoms. The molecule has 0 spiro atoms. The minimum absolute atomic E-state index is 0.0707. The van der Waals surface area contributed by atoms with E-state index in [2.05, 4.69) is 30.2 Å². The fourth-order valence-corrected chi connectivity index (χ4v) is 3.66. The first-order valence-electron chi connectivity index (χ1n) is 10.0. The molecule has 0 bridgehead atoms. The van der Waals surface area contributed by atoms with Gasteiger partial charge in [-0.15, -0.1) is 0 Å². The van der Waals surface area contributed by atoms with Gasteiger partial charge in [0.1, 0.15) is 18.2 Å². The zero-order valence-corrected chi connectivity index (χ0v) is 17.2. The van der Waals surface area contributed by atoms with Gasteiger partial charge in [-0.3, -0.25) is 4.90 Å². The third-order valence-electron chi connectivity index (χ3n) is 5.03. The van der Waals surface area contributed by atoms with Crippen molar-refractivity contribution in [3.63, 3.8) is 0 Å². The van der Waals surface area contributed by atoms with Crippen LogP contribution >= 0.6 is 0 Å². The molecule has 1 aliphatic rings. The summed E-state index contributed by atoms with van der Waals surface area (Å²) in [5.74, 6) is 0.837. The summed E-state index contributed by atoms with van der Waals surface area (Å²) in [6, 6.07) is 3.78. The molecular formula is C20H28F2N6O. The zero-order valence-electron chi connectivity index (χ0n) is 17.2. The second-order valence-corrected chi connectivity index (χ2v) is 7.02. The Bertz CT molecular complexity index is 832. The lowest BCUT2D eigenvalue weighted by Gasteiger charge is -2.40. The maximum Gasteiger partial charge on any atom is 0.248 e. The molecule has 0 saturated carbocycles. The van der Waals surface area contributed by atoms with Gasteiger partial charge in [-0.05, 0) is 26.3 Å². The highest BCUT2D eigenvalue weighted by atomic mass is 19.1. The van der Waals surface area contributed by atoms with Crippen LogP contribution in [0, 0.1) is 18.6 Å². The molecule has 1 N–H and O–H groups in total. The summed E-state index contributed by atoms with van der Waals surface area (Å²) in [6.45, 7) is 9.93. The Morgan fingerprint density at radius 1 is 1.24 bits per heavy atom. The lowest BCUT2D eigenvalue weighted by atomic mass is 10.0. The summed E-state index contributed by atoms with van der Waals surface area (Å²) >= 11 is 0. The average molecular weight is 406 g/mol. The first-order chi connectivity index (χ1) is 14.0. The number of piperazine rings is 1. The van der Waals surface area contributed by atoms with Crippen LogP contribution in [-0.4, -0.2) is 58.6 Å². The van der Waals surface area contributed by atoms with E-state index in [-0.39, 0.29) is 6.04 Å². The fraction of sp³-hybridized carbons (Fsp3) is 0.550. The molecule has 1 aromatic carbocycles. The van der Waals surface area contributed by atoms with Crippen molar-refractivity contribution in [3.8, 4) is 0 Å². The van der Waals surface area contributed by atoms with Crippen LogP contribution in [0.25, 0.3) is 0 Å². The molecule has 29 heavy (non-hydrogen) atoms. The van der Waals surface area contributed by atoms with E-state index in [9.17, 15) is 8.78 Å². The monoisotopic (exact) mass is 406 g/mol. The van der Waals surface area contributed by atoms with Crippen LogP contribution in [0.1, 0.15) is 43.6 Å². The Morgan fingerprint density at radius 2 is 2.00 bits per heavy atom. The SMILES string of the molecule is CCNC(=NCc1nc(C)no1)N1CCN(C(CC)c2ccc(F)cc2F)CC1. The number of halogens is 2.